The lowest BCUT2D eigenvalue weighted by atomic mass is 9.86. The monoisotopic (exact) mass is 2390 g/mol. The van der Waals surface area contributed by atoms with E-state index in [1.54, 1.807) is 158 Å². The van der Waals surface area contributed by atoms with Crippen LogP contribution in [0.25, 0.3) is 0 Å². The topological polar surface area (TPSA) is 617 Å². The summed E-state index contributed by atoms with van der Waals surface area (Å²) in [5.41, 5.74) is -4.08. The number of aliphatic hydroxyl groups excluding tert-OH is 18. The molecule has 3 aromatic carbocycles. The second-order valence-electron chi connectivity index (χ2n) is 20.6. The Morgan fingerprint density at radius 1 is 0.330 bits per heavy atom. The van der Waals surface area contributed by atoms with Gasteiger partial charge in [0.1, 0.15) is 36.6 Å². The second kappa shape index (κ2) is 40.3. The molecule has 1 heterocycles. The Bertz CT molecular complexity index is 3310. The molecule has 14 atom stereocenters. The maximum atomic E-state index is 16.1. The molecule has 0 aromatic heterocycles. The van der Waals surface area contributed by atoms with E-state index in [4.69, 9.17) is 0 Å². The fraction of sp³-hybridized carbons (Fsp3) is 0.481. The molecule has 9 amide bonds. The third kappa shape index (κ3) is 21.3. The van der Waals surface area contributed by atoms with Crippen LogP contribution in [0.1, 0.15) is 62.1 Å². The number of nitrogens with one attached hydrogen (secondary N) is 8. The SMILES string of the molecule is O=C(NCC(O)CO)c1c(I)c(NC(=O)C(O)C(O)CO)c(I)c(C(=O)NC[C@@H]2C(O)C(O)[C@@H](O)[C@H](CNC(=O)c3c(I)c(NC(=O)C(O)C(O)CO)c(I)c(C(=O)NCC(O)CO)c3I)N2C(=O)c2c(I)c(NC(=O)C(O)C(O)CO)c(I)c(C(=O)NCC(O)CO)c2I)c1I. The van der Waals surface area contributed by atoms with E-state index in [9.17, 15) is 130 Å². The predicted molar refractivity (Wildman–Crippen MR) is 410 cm³/mol. The molecule has 0 aliphatic carbocycles. The number of carbonyl (C=O) groups is 9. The van der Waals surface area contributed by atoms with Crippen molar-refractivity contribution < 1.29 is 135 Å². The number of anilines is 3. The molecule has 0 bridgehead atoms. The summed E-state index contributed by atoms with van der Waals surface area (Å²) >= 11 is 14.1. The highest BCUT2D eigenvalue weighted by Crippen LogP contribution is 2.41. The number of carbonyl (C=O) groups excluding carboxylic acids is 9. The lowest BCUT2D eigenvalue weighted by Crippen LogP contribution is -2.71. The molecular weight excluding hydrogens is 2320 g/mol. The lowest BCUT2D eigenvalue weighted by molar-refractivity contribution is -0.149. The zero-order chi connectivity index (χ0) is 73.7. The molecule has 11 unspecified atom stereocenters. The van der Waals surface area contributed by atoms with Crippen molar-refractivity contribution in [2.45, 2.75) is 85.3 Å². The van der Waals surface area contributed by atoms with E-state index in [-0.39, 0.29) is 54.6 Å². The van der Waals surface area contributed by atoms with E-state index >= 15 is 4.79 Å². The average Bonchev–Trinajstić information content (AvgIpc) is 0.748. The van der Waals surface area contributed by atoms with Gasteiger partial charge in [-0.2, -0.15) is 0 Å². The Morgan fingerprint density at radius 3 is 0.794 bits per heavy atom. The highest BCUT2D eigenvalue weighted by atomic mass is 127. The van der Waals surface area contributed by atoms with Crippen LogP contribution in [0.5, 0.6) is 0 Å². The number of piperidine rings is 1. The minimum Gasteiger partial charge on any atom is -0.394 e. The van der Waals surface area contributed by atoms with Crippen molar-refractivity contribution in [2.24, 2.45) is 0 Å². The first-order valence-electron chi connectivity index (χ1n) is 27.5. The second-order valence-corrected chi connectivity index (χ2v) is 30.3. The molecule has 1 fully saturated rings. The molecule has 45 heteroatoms. The van der Waals surface area contributed by atoms with Crippen LogP contribution in [0, 0.1) is 32.1 Å². The molecule has 1 saturated heterocycles. The Hall–Kier alpha value is -1.26. The van der Waals surface area contributed by atoms with Gasteiger partial charge in [-0.1, -0.05) is 0 Å². The third-order valence-electron chi connectivity index (χ3n) is 14.0. The van der Waals surface area contributed by atoms with Crippen molar-refractivity contribution in [1.82, 2.24) is 31.5 Å². The van der Waals surface area contributed by atoms with Gasteiger partial charge in [0.25, 0.3) is 53.2 Å². The summed E-state index contributed by atoms with van der Waals surface area (Å²) in [6.45, 7) is -9.72. The minimum atomic E-state index is -2.38. The van der Waals surface area contributed by atoms with Crippen molar-refractivity contribution >= 4 is 274 Å². The third-order valence-corrected chi connectivity index (χ3v) is 23.7. The number of benzene rings is 3. The standard InChI is InChI=1S/C52H62I9N9O27/c53-26-20(44(89)62-1-12(77)6-71)29(56)35(67-49(94)40(85)17(80)9-74)31(58)22(26)47(92)65-4-15-38(83)43(88)39(84)16(5-66-48(93)23-27(54)21(45(90)63-2-13(78)7-72)30(57)36(32(23)59)68-50(95)41(86)18(81)10-75)70(15)52(97)25-28(55)24(46(91)64-3-14(79)8-73)33(60)37(34(25)61)69-51(96)42(87)19(82)11-76/h12-19,38-43,71-88H,1-11H2,(H,62,89)(H,63,90)(H,64,91)(H,65,92)(H,66,93)(H,67,94)(H,68,95)(H,69,96)/t12?,13?,14?,15-,16+,17?,18?,19?,38-,39?,40?,41?,42?,43?/m0/s1. The normalized spacial score (nSPS) is 19.0. The van der Waals surface area contributed by atoms with Gasteiger partial charge in [-0.3, -0.25) is 43.2 Å². The smallest absolute Gasteiger partial charge is 0.256 e. The maximum Gasteiger partial charge on any atom is 0.256 e. The molecule has 3 aromatic rings. The van der Waals surface area contributed by atoms with Gasteiger partial charge in [-0.05, 0) is 203 Å². The maximum absolute atomic E-state index is 16.1. The number of hydrogen-bond acceptors (Lipinski definition) is 27. The number of likely N-dealkylation sites (tertiary alicyclic amines) is 1. The number of aliphatic hydroxyl groups is 18. The van der Waals surface area contributed by atoms with Crippen molar-refractivity contribution in [3.63, 3.8) is 0 Å². The number of amides is 9. The largest absolute Gasteiger partial charge is 0.394 e. The summed E-state index contributed by atoms with van der Waals surface area (Å²) < 4.78 is -1.96. The quantitative estimate of drug-likeness (QED) is 0.0266. The molecule has 36 nitrogen and oxygen atoms in total. The molecule has 0 saturated carbocycles. The lowest BCUT2D eigenvalue weighted by Gasteiger charge is -2.49. The van der Waals surface area contributed by atoms with E-state index in [0.29, 0.717) is 4.90 Å². The van der Waals surface area contributed by atoms with E-state index in [1.807, 2.05) is 0 Å². The molecule has 0 radical (unpaired) electrons. The van der Waals surface area contributed by atoms with Gasteiger partial charge >= 0.3 is 0 Å². The van der Waals surface area contributed by atoms with Gasteiger partial charge in [0.05, 0.1) is 142 Å². The van der Waals surface area contributed by atoms with E-state index in [0.717, 1.165) is 0 Å². The highest BCUT2D eigenvalue weighted by molar-refractivity contribution is 14.1. The van der Waals surface area contributed by atoms with E-state index in [1.165, 1.54) is 45.2 Å². The van der Waals surface area contributed by atoms with Crippen LogP contribution in [0.3, 0.4) is 0 Å². The molecule has 4 rings (SSSR count). The van der Waals surface area contributed by atoms with E-state index in [2.05, 4.69) is 42.5 Å². The van der Waals surface area contributed by atoms with Crippen molar-refractivity contribution in [1.29, 1.82) is 0 Å². The van der Waals surface area contributed by atoms with E-state index < -0.39 is 239 Å². The Morgan fingerprint density at radius 2 is 0.557 bits per heavy atom. The van der Waals surface area contributed by atoms with Crippen LogP contribution in [0.4, 0.5) is 17.1 Å². The highest BCUT2D eigenvalue weighted by Gasteiger charge is 2.51. The predicted octanol–water partition coefficient (Wildman–Crippen LogP) is -6.53. The van der Waals surface area contributed by atoms with Gasteiger partial charge < -0.3 is 139 Å². The Kier molecular flexibility index (Phi) is 36.6. The van der Waals surface area contributed by atoms with Crippen molar-refractivity contribution in [3.8, 4) is 0 Å². The van der Waals surface area contributed by atoms with Crippen molar-refractivity contribution in [2.75, 3.05) is 88.3 Å². The molecule has 0 spiro atoms. The van der Waals surface area contributed by atoms with Crippen LogP contribution < -0.4 is 42.5 Å². The molecule has 1 aliphatic heterocycles. The number of rotatable bonds is 31. The van der Waals surface area contributed by atoms with Gasteiger partial charge in [0.2, 0.25) is 0 Å². The van der Waals surface area contributed by atoms with Crippen LogP contribution in [0.15, 0.2) is 0 Å². The van der Waals surface area contributed by atoms with Crippen molar-refractivity contribution in [3.05, 3.63) is 65.5 Å². The summed E-state index contributed by atoms with van der Waals surface area (Å²) in [6, 6.07) is -4.14. The number of hydrogen-bond donors (Lipinski definition) is 26. The molecule has 1 aliphatic rings. The molecule has 540 valence electrons. The number of halogens is 9. The van der Waals surface area contributed by atoms with Gasteiger partial charge in [-0.25, -0.2) is 0 Å². The fourth-order valence-electron chi connectivity index (χ4n) is 8.68. The molecule has 97 heavy (non-hydrogen) atoms. The Labute approximate surface area is 670 Å². The Balaban J connectivity index is 2.12. The molecule has 26 N–H and O–H groups in total. The van der Waals surface area contributed by atoms with Gasteiger partial charge in [-0.15, -0.1) is 0 Å². The summed E-state index contributed by atoms with van der Waals surface area (Å²) in [6.07, 6.45) is -24.9. The first-order valence-corrected chi connectivity index (χ1v) is 37.2. The zero-order valence-corrected chi connectivity index (χ0v) is 68.4. The fourth-order valence-corrected chi connectivity index (χ4v) is 21.9. The number of nitrogens with zero attached hydrogens (tertiary/aromatic N) is 1. The molecular formula is C52H62I9N9O27. The summed E-state index contributed by atoms with van der Waals surface area (Å²) in [4.78, 5) is 129. The van der Waals surface area contributed by atoms with Crippen LogP contribution in [-0.4, -0.2) is 308 Å². The van der Waals surface area contributed by atoms with Gasteiger partial charge in [0.15, 0.2) is 18.3 Å². The first kappa shape index (κ1) is 88.1. The summed E-state index contributed by atoms with van der Waals surface area (Å²) in [5, 5.41) is 205. The van der Waals surface area contributed by atoms with Crippen LogP contribution in [0.2, 0.25) is 0 Å². The summed E-state index contributed by atoms with van der Waals surface area (Å²) in [7, 11) is 0. The van der Waals surface area contributed by atoms with Crippen LogP contribution >= 0.6 is 203 Å². The van der Waals surface area contributed by atoms with Gasteiger partial charge in [0, 0.05) is 43.4 Å². The average molecular weight is 2390 g/mol. The van der Waals surface area contributed by atoms with Crippen LogP contribution in [-0.2, 0) is 14.4 Å². The summed E-state index contributed by atoms with van der Waals surface area (Å²) in [5.74, 6) is -11.2. The first-order chi connectivity index (χ1) is 45.4. The zero-order valence-electron chi connectivity index (χ0n) is 48.9. The minimum absolute atomic E-state index is 0.127.